The molecule has 0 aliphatic carbocycles. The highest BCUT2D eigenvalue weighted by molar-refractivity contribution is 6.05. The molecule has 1 unspecified atom stereocenters. The molecule has 0 aliphatic heterocycles. The molecule has 0 bridgehead atoms. The van der Waals surface area contributed by atoms with Crippen LogP contribution in [0.1, 0.15) is 36.0 Å². The summed E-state index contributed by atoms with van der Waals surface area (Å²) in [7, 11) is 0. The number of hydrogen-bond donors (Lipinski definition) is 1. The van der Waals surface area contributed by atoms with E-state index in [9.17, 15) is 24.8 Å². The maximum Gasteiger partial charge on any atom is 0.343 e. The Balaban J connectivity index is 1.76. The first kappa shape index (κ1) is 23.0. The molecule has 0 amide bonds. The molecule has 5 aromatic rings. The highest BCUT2D eigenvalue weighted by Crippen LogP contribution is 2.42. The minimum atomic E-state index is -0.849. The zero-order valence-corrected chi connectivity index (χ0v) is 19.5. The highest BCUT2D eigenvalue weighted by Gasteiger charge is 2.28. The van der Waals surface area contributed by atoms with Gasteiger partial charge in [-0.25, -0.2) is 4.79 Å². The average Bonchev–Trinajstić information content (AvgIpc) is 3.29. The predicted molar refractivity (Wildman–Crippen MR) is 134 cm³/mol. The Morgan fingerprint density at radius 2 is 1.75 bits per heavy atom. The molecule has 3 aromatic carbocycles. The van der Waals surface area contributed by atoms with Crippen molar-refractivity contribution in [2.45, 2.75) is 26.2 Å². The molecule has 36 heavy (non-hydrogen) atoms. The third-order valence-corrected chi connectivity index (χ3v) is 6.40. The van der Waals surface area contributed by atoms with Crippen LogP contribution in [0.15, 0.2) is 80.6 Å². The highest BCUT2D eigenvalue weighted by atomic mass is 16.6. The van der Waals surface area contributed by atoms with Gasteiger partial charge in [-0.05, 0) is 31.0 Å². The molecule has 0 saturated carbocycles. The van der Waals surface area contributed by atoms with E-state index in [2.05, 4.69) is 0 Å². The smallest absolute Gasteiger partial charge is 0.343 e. The van der Waals surface area contributed by atoms with Crippen LogP contribution in [-0.2, 0) is 4.79 Å². The number of nitrogens with zero attached hydrogens (tertiary/aromatic N) is 1. The fourth-order valence-corrected chi connectivity index (χ4v) is 4.66. The number of non-ortho nitro benzene ring substituents is 1. The number of benzene rings is 3. The summed E-state index contributed by atoms with van der Waals surface area (Å²) >= 11 is 0. The van der Waals surface area contributed by atoms with Crippen LogP contribution in [0.4, 0.5) is 5.69 Å². The Labute approximate surface area is 204 Å². The minimum absolute atomic E-state index is 0.0740. The van der Waals surface area contributed by atoms with Crippen LogP contribution in [-0.4, -0.2) is 15.8 Å². The molecule has 2 aromatic heterocycles. The van der Waals surface area contributed by atoms with Crippen LogP contribution >= 0.6 is 0 Å². The summed E-state index contributed by atoms with van der Waals surface area (Å²) in [6.07, 6.45) is 1.53. The summed E-state index contributed by atoms with van der Waals surface area (Å²) in [6.45, 7) is 3.12. The number of hydrogen-bond acceptors (Lipinski definition) is 7. The second kappa shape index (κ2) is 8.81. The first-order valence-corrected chi connectivity index (χ1v) is 11.3. The lowest BCUT2D eigenvalue weighted by molar-refractivity contribution is -0.384. The summed E-state index contributed by atoms with van der Waals surface area (Å²) in [5.74, 6) is -1.36. The summed E-state index contributed by atoms with van der Waals surface area (Å²) in [5.41, 5.74) is 2.51. The van der Waals surface area contributed by atoms with Gasteiger partial charge in [0.05, 0.1) is 22.1 Å². The van der Waals surface area contributed by atoms with Gasteiger partial charge in [0.25, 0.3) is 5.69 Å². The second-order valence-electron chi connectivity index (χ2n) is 8.73. The zero-order chi connectivity index (χ0) is 25.6. The van der Waals surface area contributed by atoms with Crippen LogP contribution in [0, 0.1) is 17.0 Å². The van der Waals surface area contributed by atoms with E-state index in [4.69, 9.17) is 8.83 Å². The maximum absolute atomic E-state index is 13.2. The second-order valence-corrected chi connectivity index (χ2v) is 8.73. The number of carbonyl (C=O) groups is 1. The van der Waals surface area contributed by atoms with Gasteiger partial charge in [-0.1, -0.05) is 42.5 Å². The van der Waals surface area contributed by atoms with Gasteiger partial charge in [0.2, 0.25) is 0 Å². The Morgan fingerprint density at radius 1 is 1.06 bits per heavy atom. The van der Waals surface area contributed by atoms with Crippen molar-refractivity contribution in [1.29, 1.82) is 0 Å². The Morgan fingerprint density at radius 3 is 2.39 bits per heavy atom. The van der Waals surface area contributed by atoms with Crippen LogP contribution in [0.25, 0.3) is 33.1 Å². The molecule has 5 rings (SSSR count). The quantitative estimate of drug-likeness (QED) is 0.172. The van der Waals surface area contributed by atoms with E-state index in [1.165, 1.54) is 31.2 Å². The summed E-state index contributed by atoms with van der Waals surface area (Å²) in [6, 6.07) is 16.9. The number of Topliss-reactive ketones (excluding diaryl/α,β-unsaturated/α-hetero) is 1. The van der Waals surface area contributed by atoms with Gasteiger partial charge in [-0.3, -0.25) is 14.9 Å². The lowest BCUT2D eigenvalue weighted by Gasteiger charge is -2.18. The van der Waals surface area contributed by atoms with Crippen molar-refractivity contribution >= 4 is 33.4 Å². The average molecular weight is 483 g/mol. The number of furan rings is 1. The van der Waals surface area contributed by atoms with Gasteiger partial charge in [0, 0.05) is 41.0 Å². The van der Waals surface area contributed by atoms with Crippen LogP contribution in [0.5, 0.6) is 5.75 Å². The van der Waals surface area contributed by atoms with Crippen molar-refractivity contribution in [1.82, 2.24) is 0 Å². The van der Waals surface area contributed by atoms with E-state index in [1.807, 2.05) is 30.3 Å². The number of fused-ring (bicyclic) bond motifs is 2. The lowest BCUT2D eigenvalue weighted by atomic mass is 9.86. The van der Waals surface area contributed by atoms with Crippen molar-refractivity contribution in [3.8, 4) is 16.9 Å². The van der Waals surface area contributed by atoms with Gasteiger partial charge >= 0.3 is 5.63 Å². The molecule has 8 nitrogen and oxygen atoms in total. The van der Waals surface area contributed by atoms with Crippen molar-refractivity contribution in [2.75, 3.05) is 0 Å². The Bertz CT molecular complexity index is 1700. The molecular weight excluding hydrogens is 462 g/mol. The van der Waals surface area contributed by atoms with Crippen LogP contribution in [0.2, 0.25) is 0 Å². The topological polar surface area (TPSA) is 124 Å². The molecule has 1 N–H and O–H groups in total. The Kier molecular flexibility index (Phi) is 5.64. The molecular formula is C28H21NO7. The van der Waals surface area contributed by atoms with Crippen molar-refractivity contribution in [2.24, 2.45) is 0 Å². The number of carbonyl (C=O) groups excluding carboxylic acids is 1. The summed E-state index contributed by atoms with van der Waals surface area (Å²) in [5, 5.41) is 23.5. The third-order valence-electron chi connectivity index (χ3n) is 6.40. The first-order chi connectivity index (χ1) is 17.3. The number of nitro benzene ring substituents is 1. The van der Waals surface area contributed by atoms with Crippen LogP contribution < -0.4 is 5.63 Å². The number of rotatable bonds is 6. The molecule has 1 atom stereocenters. The molecule has 180 valence electrons. The van der Waals surface area contributed by atoms with E-state index in [-0.39, 0.29) is 34.8 Å². The van der Waals surface area contributed by atoms with Crippen LogP contribution in [0.3, 0.4) is 0 Å². The predicted octanol–water partition coefficient (Wildman–Crippen LogP) is 6.24. The summed E-state index contributed by atoms with van der Waals surface area (Å²) in [4.78, 5) is 35.8. The lowest BCUT2D eigenvalue weighted by Crippen LogP contribution is -2.16. The van der Waals surface area contributed by atoms with Gasteiger partial charge < -0.3 is 13.9 Å². The van der Waals surface area contributed by atoms with Gasteiger partial charge in [0.15, 0.2) is 0 Å². The molecule has 0 aliphatic rings. The SMILES string of the molecule is CC(=O)CC(c1ccc([N+](=O)[O-])cc1)c1c(O)c2cc3c(-c4ccccc4)coc3c(C)c2oc1=O. The zero-order valence-electron chi connectivity index (χ0n) is 19.5. The minimum Gasteiger partial charge on any atom is -0.507 e. The maximum atomic E-state index is 13.2. The monoisotopic (exact) mass is 483 g/mol. The van der Waals surface area contributed by atoms with E-state index in [1.54, 1.807) is 19.3 Å². The molecule has 0 spiro atoms. The van der Waals surface area contributed by atoms with Crippen molar-refractivity contribution < 1.29 is 23.7 Å². The normalized spacial score (nSPS) is 12.2. The fraction of sp³-hybridized carbons (Fsp3) is 0.143. The van der Waals surface area contributed by atoms with Gasteiger partial charge in [-0.15, -0.1) is 0 Å². The van der Waals surface area contributed by atoms with Gasteiger partial charge in [-0.2, -0.15) is 0 Å². The number of aromatic hydroxyl groups is 1. The number of nitro groups is 1. The van der Waals surface area contributed by atoms with Crippen molar-refractivity contribution in [3.63, 3.8) is 0 Å². The van der Waals surface area contributed by atoms with E-state index in [0.717, 1.165) is 16.5 Å². The standard InChI is InChI=1S/C28H21NO7/c1-15(30)12-20(18-8-10-19(11-9-18)29(33)34)24-25(31)22-13-21-23(17-6-4-3-5-7-17)14-35-26(21)16(2)27(22)36-28(24)32/h3-11,13-14,20,31H,12H2,1-2H3. The first-order valence-electron chi connectivity index (χ1n) is 11.3. The molecule has 0 fully saturated rings. The fourth-order valence-electron chi connectivity index (χ4n) is 4.66. The van der Waals surface area contributed by atoms with E-state index < -0.39 is 16.5 Å². The Hall–Kier alpha value is -4.72. The molecule has 0 radical (unpaired) electrons. The molecule has 0 saturated heterocycles. The van der Waals surface area contributed by atoms with E-state index in [0.29, 0.717) is 22.1 Å². The molecule has 2 heterocycles. The van der Waals surface area contributed by atoms with E-state index >= 15 is 0 Å². The van der Waals surface area contributed by atoms with Crippen molar-refractivity contribution in [3.05, 3.63) is 104 Å². The number of ketones is 1. The third kappa shape index (κ3) is 3.82. The summed E-state index contributed by atoms with van der Waals surface area (Å²) < 4.78 is 11.5. The molecule has 8 heteroatoms. The largest absolute Gasteiger partial charge is 0.507 e. The number of aryl methyl sites for hydroxylation is 1. The van der Waals surface area contributed by atoms with Gasteiger partial charge in [0.1, 0.15) is 22.7 Å².